The molecule has 0 aliphatic rings. The predicted octanol–water partition coefficient (Wildman–Crippen LogP) is 2.20. The normalized spacial score (nSPS) is 10.9. The van der Waals surface area contributed by atoms with Crippen LogP contribution in [0.25, 0.3) is 0 Å². The molecule has 1 aromatic heterocycles. The number of nitrogens with one attached hydrogen (secondary N) is 1. The first-order valence-corrected chi connectivity index (χ1v) is 5.45. The van der Waals surface area contributed by atoms with Crippen molar-refractivity contribution in [3.8, 4) is 0 Å². The van der Waals surface area contributed by atoms with E-state index >= 15 is 0 Å². The van der Waals surface area contributed by atoms with Crippen LogP contribution in [0.1, 0.15) is 26.5 Å². The summed E-state index contributed by atoms with van der Waals surface area (Å²) in [7, 11) is 0. The molecule has 1 aromatic rings. The van der Waals surface area contributed by atoms with Gasteiger partial charge in [0, 0.05) is 12.7 Å². The molecule has 0 spiro atoms. The standard InChI is InChI=1S/C12H21N3/c1-10(2)7-13-8-12-5-6-15(14-12)9-11(3)4/h5-6,10,13H,3,7-9H2,1-2,4H3. The molecular weight excluding hydrogens is 186 g/mol. The van der Waals surface area contributed by atoms with Gasteiger partial charge in [-0.25, -0.2) is 0 Å². The molecule has 0 bridgehead atoms. The summed E-state index contributed by atoms with van der Waals surface area (Å²) < 4.78 is 1.93. The molecule has 1 rings (SSSR count). The molecule has 0 fully saturated rings. The molecule has 0 unspecified atom stereocenters. The fraction of sp³-hybridized carbons (Fsp3) is 0.583. The lowest BCUT2D eigenvalue weighted by atomic mass is 10.2. The van der Waals surface area contributed by atoms with E-state index in [2.05, 4.69) is 36.9 Å². The van der Waals surface area contributed by atoms with Crippen molar-refractivity contribution >= 4 is 0 Å². The van der Waals surface area contributed by atoms with E-state index < -0.39 is 0 Å². The first kappa shape index (κ1) is 12.0. The molecule has 0 aliphatic heterocycles. The van der Waals surface area contributed by atoms with Gasteiger partial charge in [-0.1, -0.05) is 26.0 Å². The molecule has 0 aliphatic carbocycles. The third-order valence-electron chi connectivity index (χ3n) is 1.99. The van der Waals surface area contributed by atoms with Gasteiger partial charge in [0.2, 0.25) is 0 Å². The average Bonchev–Trinajstić information content (AvgIpc) is 2.50. The van der Waals surface area contributed by atoms with E-state index in [9.17, 15) is 0 Å². The van der Waals surface area contributed by atoms with Crippen LogP contribution in [-0.2, 0) is 13.1 Å². The Morgan fingerprint density at radius 3 is 2.93 bits per heavy atom. The maximum atomic E-state index is 4.44. The summed E-state index contributed by atoms with van der Waals surface area (Å²) in [6.07, 6.45) is 2.00. The van der Waals surface area contributed by atoms with Crippen molar-refractivity contribution in [2.45, 2.75) is 33.9 Å². The van der Waals surface area contributed by atoms with Crippen LogP contribution in [0.4, 0.5) is 0 Å². The van der Waals surface area contributed by atoms with Gasteiger partial charge in [-0.2, -0.15) is 5.10 Å². The zero-order chi connectivity index (χ0) is 11.3. The minimum absolute atomic E-state index is 0.683. The Morgan fingerprint density at radius 1 is 1.60 bits per heavy atom. The molecule has 0 amide bonds. The van der Waals surface area contributed by atoms with Crippen LogP contribution >= 0.6 is 0 Å². The third-order valence-corrected chi connectivity index (χ3v) is 1.99. The summed E-state index contributed by atoms with van der Waals surface area (Å²) in [4.78, 5) is 0. The Kier molecular flexibility index (Phi) is 4.56. The first-order chi connectivity index (χ1) is 7.08. The van der Waals surface area contributed by atoms with Crippen molar-refractivity contribution in [1.29, 1.82) is 0 Å². The minimum atomic E-state index is 0.683. The van der Waals surface area contributed by atoms with Crippen LogP contribution in [0.3, 0.4) is 0 Å². The summed E-state index contributed by atoms with van der Waals surface area (Å²) in [6.45, 7) is 13.0. The van der Waals surface area contributed by atoms with Crippen molar-refractivity contribution in [3.05, 3.63) is 30.1 Å². The smallest absolute Gasteiger partial charge is 0.0762 e. The highest BCUT2D eigenvalue weighted by atomic mass is 15.3. The molecule has 3 nitrogen and oxygen atoms in total. The number of rotatable bonds is 6. The van der Waals surface area contributed by atoms with E-state index in [1.165, 1.54) is 0 Å². The van der Waals surface area contributed by atoms with Crippen LogP contribution in [0.5, 0.6) is 0 Å². The van der Waals surface area contributed by atoms with Gasteiger partial charge in [0.1, 0.15) is 0 Å². The lowest BCUT2D eigenvalue weighted by molar-refractivity contribution is 0.543. The van der Waals surface area contributed by atoms with Gasteiger partial charge in [-0.05, 0) is 25.5 Å². The van der Waals surface area contributed by atoms with Gasteiger partial charge in [0.05, 0.1) is 12.2 Å². The molecule has 0 aromatic carbocycles. The van der Waals surface area contributed by atoms with Crippen LogP contribution < -0.4 is 5.32 Å². The van der Waals surface area contributed by atoms with E-state index in [0.717, 1.165) is 30.9 Å². The lowest BCUT2D eigenvalue weighted by Crippen LogP contribution is -2.19. The van der Waals surface area contributed by atoms with Crippen molar-refractivity contribution in [1.82, 2.24) is 15.1 Å². The number of allylic oxidation sites excluding steroid dienone is 1. The quantitative estimate of drug-likeness (QED) is 0.725. The van der Waals surface area contributed by atoms with Crippen molar-refractivity contribution in [3.63, 3.8) is 0 Å². The van der Waals surface area contributed by atoms with E-state index in [1.54, 1.807) is 0 Å². The maximum Gasteiger partial charge on any atom is 0.0762 e. The van der Waals surface area contributed by atoms with Crippen LogP contribution in [0.2, 0.25) is 0 Å². The summed E-state index contributed by atoms with van der Waals surface area (Å²) in [6, 6.07) is 2.05. The lowest BCUT2D eigenvalue weighted by Gasteiger charge is -2.05. The summed E-state index contributed by atoms with van der Waals surface area (Å²) in [5.74, 6) is 0.683. The van der Waals surface area contributed by atoms with Gasteiger partial charge < -0.3 is 5.32 Å². The molecule has 84 valence electrons. The molecule has 0 radical (unpaired) electrons. The van der Waals surface area contributed by atoms with Gasteiger partial charge >= 0.3 is 0 Å². The zero-order valence-corrected chi connectivity index (χ0v) is 9.95. The number of hydrogen-bond acceptors (Lipinski definition) is 2. The molecule has 0 saturated carbocycles. The minimum Gasteiger partial charge on any atom is -0.311 e. The number of nitrogens with zero attached hydrogens (tertiary/aromatic N) is 2. The Morgan fingerprint density at radius 2 is 2.33 bits per heavy atom. The Labute approximate surface area is 92.2 Å². The first-order valence-electron chi connectivity index (χ1n) is 5.45. The zero-order valence-electron chi connectivity index (χ0n) is 9.95. The van der Waals surface area contributed by atoms with Gasteiger partial charge in [-0.3, -0.25) is 4.68 Å². The predicted molar refractivity (Wildman–Crippen MR) is 63.6 cm³/mol. The molecule has 0 saturated heterocycles. The largest absolute Gasteiger partial charge is 0.311 e. The molecule has 1 heterocycles. The second-order valence-electron chi connectivity index (χ2n) is 4.49. The van der Waals surface area contributed by atoms with Crippen molar-refractivity contribution < 1.29 is 0 Å². The highest BCUT2D eigenvalue weighted by Crippen LogP contribution is 1.99. The number of aromatic nitrogens is 2. The van der Waals surface area contributed by atoms with Crippen LogP contribution in [-0.4, -0.2) is 16.3 Å². The third kappa shape index (κ3) is 4.79. The molecule has 1 N–H and O–H groups in total. The molecule has 0 atom stereocenters. The number of hydrogen-bond donors (Lipinski definition) is 1. The van der Waals surface area contributed by atoms with Crippen LogP contribution in [0, 0.1) is 5.92 Å². The van der Waals surface area contributed by atoms with Crippen molar-refractivity contribution in [2.24, 2.45) is 5.92 Å². The highest BCUT2D eigenvalue weighted by molar-refractivity contribution is 5.00. The van der Waals surface area contributed by atoms with Gasteiger partial charge in [0.15, 0.2) is 0 Å². The maximum absolute atomic E-state index is 4.44. The fourth-order valence-electron chi connectivity index (χ4n) is 1.35. The van der Waals surface area contributed by atoms with E-state index in [-0.39, 0.29) is 0 Å². The second kappa shape index (κ2) is 5.71. The van der Waals surface area contributed by atoms with Gasteiger partial charge in [-0.15, -0.1) is 0 Å². The molecule has 3 heteroatoms. The van der Waals surface area contributed by atoms with Crippen LogP contribution in [0.15, 0.2) is 24.4 Å². The Balaban J connectivity index is 2.36. The average molecular weight is 207 g/mol. The Hall–Kier alpha value is -1.09. The van der Waals surface area contributed by atoms with Crippen molar-refractivity contribution in [2.75, 3.05) is 6.54 Å². The molecular formula is C12H21N3. The van der Waals surface area contributed by atoms with E-state index in [1.807, 2.05) is 17.8 Å². The monoisotopic (exact) mass is 207 g/mol. The van der Waals surface area contributed by atoms with E-state index in [4.69, 9.17) is 0 Å². The summed E-state index contributed by atoms with van der Waals surface area (Å²) >= 11 is 0. The van der Waals surface area contributed by atoms with E-state index in [0.29, 0.717) is 5.92 Å². The summed E-state index contributed by atoms with van der Waals surface area (Å²) in [5.41, 5.74) is 2.22. The molecule has 15 heavy (non-hydrogen) atoms. The SMILES string of the molecule is C=C(C)Cn1ccc(CNCC(C)C)n1. The second-order valence-corrected chi connectivity index (χ2v) is 4.49. The Bertz CT molecular complexity index is 312. The van der Waals surface area contributed by atoms with Gasteiger partial charge in [0.25, 0.3) is 0 Å². The topological polar surface area (TPSA) is 29.9 Å². The fourth-order valence-corrected chi connectivity index (χ4v) is 1.35. The summed E-state index contributed by atoms with van der Waals surface area (Å²) in [5, 5.41) is 7.81. The highest BCUT2D eigenvalue weighted by Gasteiger charge is 1.99.